The summed E-state index contributed by atoms with van der Waals surface area (Å²) in [6.45, 7) is -0.0905. The van der Waals surface area contributed by atoms with Crippen LogP contribution in [0.15, 0.2) is 60.7 Å². The van der Waals surface area contributed by atoms with Gasteiger partial charge in [-0.2, -0.15) is 0 Å². The fourth-order valence-corrected chi connectivity index (χ4v) is 2.00. The van der Waals surface area contributed by atoms with Crippen LogP contribution in [0.1, 0.15) is 5.69 Å². The van der Waals surface area contributed by atoms with Crippen LogP contribution in [0.25, 0.3) is 10.8 Å². The fourth-order valence-electron chi connectivity index (χ4n) is 2.00. The highest BCUT2D eigenvalue weighted by Crippen LogP contribution is 2.28. The molecule has 94 valence electrons. The molecule has 3 heteroatoms. The molecule has 0 radical (unpaired) electrons. The molecule has 0 fully saturated rings. The van der Waals surface area contributed by atoms with Crippen LogP contribution >= 0.6 is 0 Å². The lowest BCUT2D eigenvalue weighted by Gasteiger charge is -2.08. The standard InChI is InChI=1S/C16H13NO2/c18-11-13-7-4-10-16(17-13)19-15-9-3-6-12-5-1-2-8-14(12)15/h1-10,18H,11H2. The molecular formula is C16H13NO2. The topological polar surface area (TPSA) is 42.4 Å². The Morgan fingerprint density at radius 1 is 0.895 bits per heavy atom. The van der Waals surface area contributed by atoms with Crippen LogP contribution in [-0.4, -0.2) is 10.1 Å². The van der Waals surface area contributed by atoms with Crippen molar-refractivity contribution in [2.75, 3.05) is 0 Å². The van der Waals surface area contributed by atoms with E-state index in [-0.39, 0.29) is 6.61 Å². The number of hydrogen-bond donors (Lipinski definition) is 1. The number of fused-ring (bicyclic) bond motifs is 1. The van der Waals surface area contributed by atoms with Gasteiger partial charge in [-0.1, -0.05) is 42.5 Å². The molecule has 0 bridgehead atoms. The molecule has 0 aliphatic rings. The number of benzene rings is 2. The number of aliphatic hydroxyl groups is 1. The van der Waals surface area contributed by atoms with Crippen molar-refractivity contribution in [3.05, 3.63) is 66.4 Å². The molecule has 19 heavy (non-hydrogen) atoms. The Morgan fingerprint density at radius 2 is 1.68 bits per heavy atom. The summed E-state index contributed by atoms with van der Waals surface area (Å²) in [5.74, 6) is 1.25. The highest BCUT2D eigenvalue weighted by Gasteiger charge is 2.04. The molecule has 0 aliphatic carbocycles. The monoisotopic (exact) mass is 251 g/mol. The van der Waals surface area contributed by atoms with Crippen LogP contribution in [0.5, 0.6) is 11.6 Å². The number of hydrogen-bond acceptors (Lipinski definition) is 3. The molecule has 1 heterocycles. The number of ether oxygens (including phenoxy) is 1. The highest BCUT2D eigenvalue weighted by molar-refractivity contribution is 5.88. The van der Waals surface area contributed by atoms with E-state index in [0.29, 0.717) is 11.6 Å². The van der Waals surface area contributed by atoms with Crippen LogP contribution in [0.2, 0.25) is 0 Å². The molecule has 0 spiro atoms. The molecule has 3 rings (SSSR count). The van der Waals surface area contributed by atoms with Crippen molar-refractivity contribution in [1.82, 2.24) is 4.98 Å². The molecule has 0 saturated carbocycles. The van der Waals surface area contributed by atoms with Crippen molar-refractivity contribution >= 4 is 10.8 Å². The summed E-state index contributed by atoms with van der Waals surface area (Å²) in [5.41, 5.74) is 0.595. The molecule has 0 aliphatic heterocycles. The number of aliphatic hydroxyl groups excluding tert-OH is 1. The second kappa shape index (κ2) is 5.08. The molecule has 0 unspecified atom stereocenters. The minimum absolute atomic E-state index is 0.0905. The van der Waals surface area contributed by atoms with E-state index in [1.54, 1.807) is 12.1 Å². The first-order valence-electron chi connectivity index (χ1n) is 6.09. The van der Waals surface area contributed by atoms with Crippen molar-refractivity contribution in [2.45, 2.75) is 6.61 Å². The van der Waals surface area contributed by atoms with Gasteiger partial charge in [0.2, 0.25) is 5.88 Å². The zero-order chi connectivity index (χ0) is 13.1. The average molecular weight is 251 g/mol. The van der Waals surface area contributed by atoms with Crippen LogP contribution in [0.4, 0.5) is 0 Å². The largest absolute Gasteiger partial charge is 0.438 e. The third kappa shape index (κ3) is 2.41. The van der Waals surface area contributed by atoms with E-state index in [4.69, 9.17) is 9.84 Å². The predicted octanol–water partition coefficient (Wildman–Crippen LogP) is 3.52. The van der Waals surface area contributed by atoms with E-state index in [9.17, 15) is 0 Å². The summed E-state index contributed by atoms with van der Waals surface area (Å²) in [6, 6.07) is 19.3. The minimum Gasteiger partial charge on any atom is -0.438 e. The lowest BCUT2D eigenvalue weighted by Crippen LogP contribution is -1.93. The molecule has 1 N–H and O–H groups in total. The summed E-state index contributed by atoms with van der Waals surface area (Å²) in [4.78, 5) is 4.22. The Hall–Kier alpha value is -2.39. The van der Waals surface area contributed by atoms with Gasteiger partial charge in [0.1, 0.15) is 5.75 Å². The normalized spacial score (nSPS) is 10.6. The molecular weight excluding hydrogens is 238 g/mol. The van der Waals surface area contributed by atoms with Crippen molar-refractivity contribution in [3.8, 4) is 11.6 Å². The first-order chi connectivity index (χ1) is 9.36. The molecule has 2 aromatic carbocycles. The summed E-state index contributed by atoms with van der Waals surface area (Å²) < 4.78 is 5.81. The lowest BCUT2D eigenvalue weighted by atomic mass is 10.1. The van der Waals surface area contributed by atoms with Crippen LogP contribution in [0, 0.1) is 0 Å². The summed E-state index contributed by atoms with van der Waals surface area (Å²) in [6.07, 6.45) is 0. The maximum atomic E-state index is 9.08. The zero-order valence-electron chi connectivity index (χ0n) is 10.3. The maximum Gasteiger partial charge on any atom is 0.219 e. The van der Waals surface area contributed by atoms with Crippen molar-refractivity contribution in [2.24, 2.45) is 0 Å². The van der Waals surface area contributed by atoms with Crippen molar-refractivity contribution in [3.63, 3.8) is 0 Å². The number of nitrogens with zero attached hydrogens (tertiary/aromatic N) is 1. The molecule has 0 saturated heterocycles. The van der Waals surface area contributed by atoms with E-state index >= 15 is 0 Å². The first kappa shape index (κ1) is 11.7. The lowest BCUT2D eigenvalue weighted by molar-refractivity contribution is 0.275. The maximum absolute atomic E-state index is 9.08. The first-order valence-corrected chi connectivity index (χ1v) is 6.09. The van der Waals surface area contributed by atoms with Gasteiger partial charge in [-0.3, -0.25) is 0 Å². The van der Waals surface area contributed by atoms with Gasteiger partial charge in [0.05, 0.1) is 12.3 Å². The molecule has 3 aromatic rings. The van der Waals surface area contributed by atoms with Crippen LogP contribution in [0.3, 0.4) is 0 Å². The second-order valence-corrected chi connectivity index (χ2v) is 4.20. The molecule has 1 aromatic heterocycles. The third-order valence-electron chi connectivity index (χ3n) is 2.91. The van der Waals surface area contributed by atoms with Gasteiger partial charge < -0.3 is 9.84 Å². The van der Waals surface area contributed by atoms with Gasteiger partial charge in [0.25, 0.3) is 0 Å². The SMILES string of the molecule is OCc1cccc(Oc2cccc3ccccc23)n1. The van der Waals surface area contributed by atoms with Crippen LogP contribution < -0.4 is 4.74 Å². The Morgan fingerprint density at radius 3 is 2.58 bits per heavy atom. The van der Waals surface area contributed by atoms with Crippen LogP contribution in [-0.2, 0) is 6.61 Å². The Labute approximate surface area is 111 Å². The van der Waals surface area contributed by atoms with E-state index in [2.05, 4.69) is 4.98 Å². The van der Waals surface area contributed by atoms with Gasteiger partial charge in [-0.25, -0.2) is 4.98 Å². The molecule has 0 atom stereocenters. The van der Waals surface area contributed by atoms with E-state index in [0.717, 1.165) is 16.5 Å². The zero-order valence-corrected chi connectivity index (χ0v) is 10.3. The Kier molecular flexibility index (Phi) is 3.12. The second-order valence-electron chi connectivity index (χ2n) is 4.20. The predicted molar refractivity (Wildman–Crippen MR) is 74.2 cm³/mol. The van der Waals surface area contributed by atoms with E-state index in [1.165, 1.54) is 0 Å². The third-order valence-corrected chi connectivity index (χ3v) is 2.91. The summed E-state index contributed by atoms with van der Waals surface area (Å²) in [5, 5.41) is 11.2. The Bertz CT molecular complexity index is 704. The quantitative estimate of drug-likeness (QED) is 0.774. The van der Waals surface area contributed by atoms with Gasteiger partial charge >= 0.3 is 0 Å². The van der Waals surface area contributed by atoms with Gasteiger partial charge in [-0.05, 0) is 17.5 Å². The van der Waals surface area contributed by atoms with Crippen molar-refractivity contribution in [1.29, 1.82) is 0 Å². The smallest absolute Gasteiger partial charge is 0.219 e. The van der Waals surface area contributed by atoms with Crippen molar-refractivity contribution < 1.29 is 9.84 Å². The molecule has 0 amide bonds. The number of aromatic nitrogens is 1. The van der Waals surface area contributed by atoms with E-state index < -0.39 is 0 Å². The fraction of sp³-hybridized carbons (Fsp3) is 0.0625. The molecule has 3 nitrogen and oxygen atoms in total. The number of pyridine rings is 1. The Balaban J connectivity index is 2.01. The summed E-state index contributed by atoms with van der Waals surface area (Å²) in [7, 11) is 0. The average Bonchev–Trinajstić information content (AvgIpc) is 2.48. The highest BCUT2D eigenvalue weighted by atomic mass is 16.5. The van der Waals surface area contributed by atoms with Gasteiger partial charge in [0, 0.05) is 11.5 Å². The van der Waals surface area contributed by atoms with E-state index in [1.807, 2.05) is 48.5 Å². The summed E-state index contributed by atoms with van der Waals surface area (Å²) >= 11 is 0. The van der Waals surface area contributed by atoms with Gasteiger partial charge in [-0.15, -0.1) is 0 Å². The minimum atomic E-state index is -0.0905. The number of rotatable bonds is 3. The van der Waals surface area contributed by atoms with Gasteiger partial charge in [0.15, 0.2) is 0 Å².